The third-order valence-corrected chi connectivity index (χ3v) is 4.75. The molecule has 0 bridgehead atoms. The Morgan fingerprint density at radius 1 is 1.00 bits per heavy atom. The summed E-state index contributed by atoms with van der Waals surface area (Å²) in [6.45, 7) is 3.98. The van der Waals surface area contributed by atoms with Crippen LogP contribution in [0, 0.1) is 17.6 Å². The van der Waals surface area contributed by atoms with E-state index in [4.69, 9.17) is 5.73 Å². The van der Waals surface area contributed by atoms with Gasteiger partial charge in [0.1, 0.15) is 17.2 Å². The van der Waals surface area contributed by atoms with Gasteiger partial charge in [0, 0.05) is 10.9 Å². The second-order valence-electron chi connectivity index (χ2n) is 7.19. The summed E-state index contributed by atoms with van der Waals surface area (Å²) in [5.41, 5.74) is 8.29. The fourth-order valence-corrected chi connectivity index (χ4v) is 2.97. The molecule has 148 valence electrons. The molecule has 0 aliphatic heterocycles. The number of halogens is 2. The lowest BCUT2D eigenvalue weighted by molar-refractivity contribution is 0.492. The summed E-state index contributed by atoms with van der Waals surface area (Å²) in [5.74, 6) is 0.330. The maximum atomic E-state index is 14.6. The second-order valence-corrected chi connectivity index (χ2v) is 7.19. The van der Waals surface area contributed by atoms with Gasteiger partial charge in [0.05, 0.1) is 11.7 Å². The van der Waals surface area contributed by atoms with E-state index in [-0.39, 0.29) is 23.3 Å². The van der Waals surface area contributed by atoms with Gasteiger partial charge in [0.2, 0.25) is 0 Å². The van der Waals surface area contributed by atoms with Crippen molar-refractivity contribution < 1.29 is 8.78 Å². The summed E-state index contributed by atoms with van der Waals surface area (Å²) >= 11 is 0. The van der Waals surface area contributed by atoms with Crippen LogP contribution in [0.1, 0.15) is 37.0 Å². The van der Waals surface area contributed by atoms with Crippen LogP contribution in [-0.2, 0) is 0 Å². The van der Waals surface area contributed by atoms with E-state index in [1.54, 1.807) is 30.4 Å². The highest BCUT2D eigenvalue weighted by atomic mass is 19.1. The Morgan fingerprint density at radius 3 is 2.48 bits per heavy atom. The molecule has 0 aliphatic rings. The van der Waals surface area contributed by atoms with E-state index < -0.39 is 5.82 Å². The van der Waals surface area contributed by atoms with Gasteiger partial charge in [-0.1, -0.05) is 32.1 Å². The summed E-state index contributed by atoms with van der Waals surface area (Å²) in [6, 6.07) is 8.92. The number of aromatic amines is 2. The van der Waals surface area contributed by atoms with Crippen molar-refractivity contribution in [2.45, 2.75) is 19.9 Å². The number of hydrogen-bond donors (Lipinski definition) is 3. The van der Waals surface area contributed by atoms with Crippen molar-refractivity contribution in [2.24, 2.45) is 11.7 Å². The molecule has 29 heavy (non-hydrogen) atoms. The highest BCUT2D eigenvalue weighted by molar-refractivity contribution is 5.92. The molecule has 2 aromatic carbocycles. The van der Waals surface area contributed by atoms with Gasteiger partial charge in [0.15, 0.2) is 11.6 Å². The van der Waals surface area contributed by atoms with E-state index in [0.29, 0.717) is 28.3 Å². The first kappa shape index (κ1) is 18.9. The fourth-order valence-electron chi connectivity index (χ4n) is 2.97. The first-order valence-corrected chi connectivity index (χ1v) is 9.22. The predicted octanol–water partition coefficient (Wildman–Crippen LogP) is 4.45. The van der Waals surface area contributed by atoms with Crippen LogP contribution < -0.4 is 5.73 Å². The van der Waals surface area contributed by atoms with E-state index in [0.717, 1.165) is 5.56 Å². The number of nitrogens with one attached hydrogen (secondary N) is 2. The van der Waals surface area contributed by atoms with Crippen molar-refractivity contribution in [2.75, 3.05) is 0 Å². The molecular weight excluding hydrogens is 374 g/mol. The molecule has 0 saturated heterocycles. The predicted molar refractivity (Wildman–Crippen MR) is 109 cm³/mol. The Balaban J connectivity index is 1.71. The molecule has 1 atom stereocenters. The summed E-state index contributed by atoms with van der Waals surface area (Å²) < 4.78 is 27.7. The van der Waals surface area contributed by atoms with E-state index >= 15 is 0 Å². The molecule has 8 heteroatoms. The van der Waals surface area contributed by atoms with Crippen molar-refractivity contribution in [3.05, 3.63) is 65.1 Å². The van der Waals surface area contributed by atoms with Crippen molar-refractivity contribution in [3.63, 3.8) is 0 Å². The molecule has 0 fully saturated rings. The highest BCUT2D eigenvalue weighted by Gasteiger charge is 2.18. The average molecular weight is 394 g/mol. The van der Waals surface area contributed by atoms with Crippen LogP contribution in [0.15, 0.2) is 36.4 Å². The van der Waals surface area contributed by atoms with E-state index in [1.807, 2.05) is 13.8 Å². The van der Waals surface area contributed by atoms with Crippen LogP contribution in [0.5, 0.6) is 0 Å². The SMILES string of the molecule is CC(C)[C@H](N)c1nc(-c2cc(F)c3n[nH]c(/C=C/c4ccc(F)cc4)c3c2)n[nH]1. The monoisotopic (exact) mass is 394 g/mol. The topological polar surface area (TPSA) is 96.3 Å². The fraction of sp³-hybridized carbons (Fsp3) is 0.190. The number of rotatable bonds is 5. The lowest BCUT2D eigenvalue weighted by atomic mass is 10.1. The molecule has 2 aromatic heterocycles. The number of nitrogens with zero attached hydrogens (tertiary/aromatic N) is 3. The number of aromatic nitrogens is 5. The summed E-state index contributed by atoms with van der Waals surface area (Å²) in [4.78, 5) is 4.42. The second kappa shape index (κ2) is 7.56. The Morgan fingerprint density at radius 2 is 1.76 bits per heavy atom. The number of hydrogen-bond acceptors (Lipinski definition) is 4. The summed E-state index contributed by atoms with van der Waals surface area (Å²) in [5, 5.41) is 14.5. The van der Waals surface area contributed by atoms with Crippen LogP contribution in [0.4, 0.5) is 8.78 Å². The van der Waals surface area contributed by atoms with Gasteiger partial charge >= 0.3 is 0 Å². The molecule has 0 unspecified atom stereocenters. The van der Waals surface area contributed by atoms with E-state index in [9.17, 15) is 8.78 Å². The number of nitrogens with two attached hydrogens (primary N) is 1. The zero-order valence-corrected chi connectivity index (χ0v) is 15.9. The Labute approximate surface area is 165 Å². The molecule has 2 heterocycles. The van der Waals surface area contributed by atoms with Crippen LogP contribution in [0.2, 0.25) is 0 Å². The Hall–Kier alpha value is -3.39. The normalized spacial score (nSPS) is 13.0. The van der Waals surface area contributed by atoms with Crippen molar-refractivity contribution in [1.82, 2.24) is 25.4 Å². The minimum absolute atomic E-state index is 0.187. The zero-order valence-electron chi connectivity index (χ0n) is 15.9. The molecule has 0 saturated carbocycles. The molecule has 0 spiro atoms. The highest BCUT2D eigenvalue weighted by Crippen LogP contribution is 2.28. The van der Waals surface area contributed by atoms with Crippen molar-refractivity contribution >= 4 is 23.1 Å². The molecule has 0 radical (unpaired) electrons. The maximum absolute atomic E-state index is 14.6. The van der Waals surface area contributed by atoms with Gasteiger partial charge in [-0.25, -0.2) is 13.8 Å². The van der Waals surface area contributed by atoms with Gasteiger partial charge in [-0.3, -0.25) is 10.2 Å². The number of H-pyrrole nitrogens is 2. The van der Waals surface area contributed by atoms with Gasteiger partial charge in [-0.2, -0.15) is 10.2 Å². The molecule has 6 nitrogen and oxygen atoms in total. The molecular formula is C21H20F2N6. The smallest absolute Gasteiger partial charge is 0.181 e. The lowest BCUT2D eigenvalue weighted by Crippen LogP contribution is -2.18. The molecule has 0 amide bonds. The van der Waals surface area contributed by atoms with Crippen LogP contribution in [-0.4, -0.2) is 25.4 Å². The average Bonchev–Trinajstić information content (AvgIpc) is 3.34. The zero-order chi connectivity index (χ0) is 20.5. The van der Waals surface area contributed by atoms with E-state index in [2.05, 4.69) is 25.4 Å². The van der Waals surface area contributed by atoms with Crippen LogP contribution in [0.25, 0.3) is 34.4 Å². The standard InChI is InChI=1S/C21H20F2N6/c1-11(2)18(24)21-25-20(28-29-21)13-9-15-17(26-27-19(15)16(23)10-13)8-5-12-3-6-14(22)7-4-12/h3-11,18H,24H2,1-2H3,(H,26,27)(H,25,28,29)/b8-5+/t18-/m0/s1. The van der Waals surface area contributed by atoms with Gasteiger partial charge in [-0.05, 0) is 41.8 Å². The largest absolute Gasteiger partial charge is 0.321 e. The number of benzene rings is 2. The molecule has 0 aliphatic carbocycles. The summed E-state index contributed by atoms with van der Waals surface area (Å²) in [7, 11) is 0. The quantitative estimate of drug-likeness (QED) is 0.466. The minimum atomic E-state index is -0.477. The van der Waals surface area contributed by atoms with Gasteiger partial charge in [0.25, 0.3) is 0 Å². The van der Waals surface area contributed by atoms with Crippen LogP contribution in [0.3, 0.4) is 0 Å². The Bertz CT molecular complexity index is 1170. The van der Waals surface area contributed by atoms with Crippen molar-refractivity contribution in [3.8, 4) is 11.4 Å². The van der Waals surface area contributed by atoms with E-state index in [1.165, 1.54) is 18.2 Å². The minimum Gasteiger partial charge on any atom is -0.321 e. The third-order valence-electron chi connectivity index (χ3n) is 4.75. The lowest BCUT2D eigenvalue weighted by Gasteiger charge is -2.11. The van der Waals surface area contributed by atoms with Gasteiger partial charge < -0.3 is 5.73 Å². The first-order chi connectivity index (χ1) is 13.9. The molecule has 4 rings (SSSR count). The maximum Gasteiger partial charge on any atom is 0.181 e. The molecule has 4 aromatic rings. The van der Waals surface area contributed by atoms with Crippen LogP contribution >= 0.6 is 0 Å². The Kier molecular flexibility index (Phi) is 4.94. The van der Waals surface area contributed by atoms with Crippen molar-refractivity contribution in [1.29, 1.82) is 0 Å². The first-order valence-electron chi connectivity index (χ1n) is 9.22. The van der Waals surface area contributed by atoms with Gasteiger partial charge in [-0.15, -0.1) is 0 Å². The molecule has 4 N–H and O–H groups in total. The number of fused-ring (bicyclic) bond motifs is 1. The summed E-state index contributed by atoms with van der Waals surface area (Å²) in [6.07, 6.45) is 3.56. The third kappa shape index (κ3) is 3.79.